The third-order valence-electron chi connectivity index (χ3n) is 3.42. The highest BCUT2D eigenvalue weighted by Crippen LogP contribution is 2.30. The summed E-state index contributed by atoms with van der Waals surface area (Å²) >= 11 is 0. The van der Waals surface area contributed by atoms with Gasteiger partial charge < -0.3 is 14.9 Å². The van der Waals surface area contributed by atoms with Crippen molar-refractivity contribution in [2.75, 3.05) is 32.1 Å². The molecular formula is C13H18FN3O3. The second kappa shape index (κ2) is 5.72. The standard InChI is InChI=1S/C13H18FN3O3/c1-15(2)7-10-5-11(18)8-16(10)13-4-3-9(17(19)20)6-12(13)14/h3-4,6,10-11,18H,5,7-8H2,1-2H3. The van der Waals surface area contributed by atoms with Gasteiger partial charge >= 0.3 is 0 Å². The highest BCUT2D eigenvalue weighted by Gasteiger charge is 2.33. The average molecular weight is 283 g/mol. The molecular weight excluding hydrogens is 265 g/mol. The predicted octanol–water partition coefficient (Wildman–Crippen LogP) is 1.24. The van der Waals surface area contributed by atoms with Crippen LogP contribution in [0, 0.1) is 15.9 Å². The van der Waals surface area contributed by atoms with E-state index in [0.717, 1.165) is 6.07 Å². The fourth-order valence-electron chi connectivity index (χ4n) is 2.62. The zero-order valence-corrected chi connectivity index (χ0v) is 11.5. The molecule has 1 heterocycles. The lowest BCUT2D eigenvalue weighted by Crippen LogP contribution is -2.38. The van der Waals surface area contributed by atoms with Gasteiger partial charge in [0.05, 0.1) is 22.8 Å². The number of aliphatic hydroxyl groups is 1. The molecule has 2 unspecified atom stereocenters. The molecule has 7 heteroatoms. The van der Waals surface area contributed by atoms with Crippen LogP contribution in [0.1, 0.15) is 6.42 Å². The monoisotopic (exact) mass is 283 g/mol. The molecule has 0 saturated carbocycles. The van der Waals surface area contributed by atoms with E-state index in [1.165, 1.54) is 12.1 Å². The number of rotatable bonds is 4. The van der Waals surface area contributed by atoms with Crippen LogP contribution in [0.15, 0.2) is 18.2 Å². The predicted molar refractivity (Wildman–Crippen MR) is 73.4 cm³/mol. The Balaban J connectivity index is 2.27. The van der Waals surface area contributed by atoms with E-state index in [1.807, 2.05) is 19.0 Å². The summed E-state index contributed by atoms with van der Waals surface area (Å²) in [4.78, 5) is 13.8. The molecule has 0 spiro atoms. The van der Waals surface area contributed by atoms with Crippen molar-refractivity contribution < 1.29 is 14.4 Å². The van der Waals surface area contributed by atoms with E-state index in [2.05, 4.69) is 0 Å². The van der Waals surface area contributed by atoms with E-state index < -0.39 is 16.8 Å². The summed E-state index contributed by atoms with van der Waals surface area (Å²) in [6, 6.07) is 3.62. The Kier molecular flexibility index (Phi) is 4.20. The number of hydrogen-bond donors (Lipinski definition) is 1. The molecule has 0 aromatic heterocycles. The number of nitrogens with zero attached hydrogens (tertiary/aromatic N) is 3. The molecule has 6 nitrogen and oxygen atoms in total. The maximum atomic E-state index is 14.1. The van der Waals surface area contributed by atoms with Gasteiger partial charge in [0.25, 0.3) is 5.69 Å². The third-order valence-corrected chi connectivity index (χ3v) is 3.42. The molecule has 0 amide bonds. The average Bonchev–Trinajstić information content (AvgIpc) is 2.68. The smallest absolute Gasteiger partial charge is 0.272 e. The number of likely N-dealkylation sites (N-methyl/N-ethyl adjacent to an activating group) is 1. The van der Waals surface area contributed by atoms with Crippen molar-refractivity contribution in [3.63, 3.8) is 0 Å². The van der Waals surface area contributed by atoms with Crippen LogP contribution in [-0.4, -0.2) is 54.3 Å². The van der Waals surface area contributed by atoms with Gasteiger partial charge in [-0.1, -0.05) is 0 Å². The first-order chi connectivity index (χ1) is 9.38. The normalized spacial score (nSPS) is 22.6. The van der Waals surface area contributed by atoms with Crippen LogP contribution < -0.4 is 4.90 Å². The Morgan fingerprint density at radius 2 is 2.25 bits per heavy atom. The van der Waals surface area contributed by atoms with Crippen LogP contribution >= 0.6 is 0 Å². The molecule has 0 radical (unpaired) electrons. The molecule has 1 N–H and O–H groups in total. The number of non-ortho nitro benzene ring substituents is 1. The second-order valence-corrected chi connectivity index (χ2v) is 5.35. The number of nitro benzene ring substituents is 1. The minimum Gasteiger partial charge on any atom is -0.391 e. The van der Waals surface area contributed by atoms with E-state index >= 15 is 0 Å². The first-order valence-corrected chi connectivity index (χ1v) is 6.42. The van der Waals surface area contributed by atoms with Crippen molar-refractivity contribution in [1.82, 2.24) is 4.90 Å². The Morgan fingerprint density at radius 1 is 1.55 bits per heavy atom. The van der Waals surface area contributed by atoms with Gasteiger partial charge in [-0.25, -0.2) is 4.39 Å². The molecule has 2 atom stereocenters. The number of aliphatic hydroxyl groups excluding tert-OH is 1. The van der Waals surface area contributed by atoms with Crippen molar-refractivity contribution in [3.05, 3.63) is 34.1 Å². The van der Waals surface area contributed by atoms with Crippen LogP contribution in [0.3, 0.4) is 0 Å². The van der Waals surface area contributed by atoms with Crippen molar-refractivity contribution in [3.8, 4) is 0 Å². The molecule has 1 aliphatic rings. The van der Waals surface area contributed by atoms with Crippen LogP contribution in [0.25, 0.3) is 0 Å². The molecule has 1 aromatic carbocycles. The zero-order chi connectivity index (χ0) is 14.9. The number of hydrogen-bond acceptors (Lipinski definition) is 5. The maximum absolute atomic E-state index is 14.1. The lowest BCUT2D eigenvalue weighted by molar-refractivity contribution is -0.385. The van der Waals surface area contributed by atoms with Crippen molar-refractivity contribution in [1.29, 1.82) is 0 Å². The van der Waals surface area contributed by atoms with Gasteiger partial charge in [-0.3, -0.25) is 10.1 Å². The highest BCUT2D eigenvalue weighted by molar-refractivity contribution is 5.54. The SMILES string of the molecule is CN(C)CC1CC(O)CN1c1ccc([N+](=O)[O-])cc1F. The van der Waals surface area contributed by atoms with Gasteiger partial charge in [-0.2, -0.15) is 0 Å². The summed E-state index contributed by atoms with van der Waals surface area (Å²) in [6.45, 7) is 1.03. The van der Waals surface area contributed by atoms with Crippen molar-refractivity contribution in [2.45, 2.75) is 18.6 Å². The van der Waals surface area contributed by atoms with Crippen molar-refractivity contribution in [2.24, 2.45) is 0 Å². The van der Waals surface area contributed by atoms with Crippen LogP contribution in [-0.2, 0) is 0 Å². The molecule has 1 aliphatic heterocycles. The quantitative estimate of drug-likeness (QED) is 0.665. The molecule has 2 rings (SSSR count). The molecule has 0 aliphatic carbocycles. The Hall–Kier alpha value is -1.73. The number of halogens is 1. The summed E-state index contributed by atoms with van der Waals surface area (Å²) in [5.74, 6) is -0.628. The van der Waals surface area contributed by atoms with Crippen LogP contribution in [0.2, 0.25) is 0 Å². The molecule has 1 saturated heterocycles. The van der Waals surface area contributed by atoms with Gasteiger partial charge in [-0.15, -0.1) is 0 Å². The molecule has 20 heavy (non-hydrogen) atoms. The van der Waals surface area contributed by atoms with Crippen molar-refractivity contribution >= 4 is 11.4 Å². The topological polar surface area (TPSA) is 69.8 Å². The first-order valence-electron chi connectivity index (χ1n) is 6.42. The van der Waals surface area contributed by atoms with E-state index in [1.54, 1.807) is 4.90 Å². The second-order valence-electron chi connectivity index (χ2n) is 5.35. The summed E-state index contributed by atoms with van der Waals surface area (Å²) in [5, 5.41) is 20.4. The number of nitro groups is 1. The summed E-state index contributed by atoms with van der Waals surface area (Å²) < 4.78 is 14.1. The van der Waals surface area contributed by atoms with Gasteiger partial charge in [0.1, 0.15) is 0 Å². The minimum absolute atomic E-state index is 0.00374. The fourth-order valence-corrected chi connectivity index (χ4v) is 2.62. The minimum atomic E-state index is -0.628. The highest BCUT2D eigenvalue weighted by atomic mass is 19.1. The van der Waals surface area contributed by atoms with E-state index in [0.29, 0.717) is 25.2 Å². The number of anilines is 1. The zero-order valence-electron chi connectivity index (χ0n) is 11.5. The third kappa shape index (κ3) is 3.05. The van der Waals surface area contributed by atoms with Gasteiger partial charge in [0.15, 0.2) is 5.82 Å². The molecule has 110 valence electrons. The molecule has 1 aromatic rings. The lowest BCUT2D eigenvalue weighted by atomic mass is 10.1. The summed E-state index contributed by atoms with van der Waals surface area (Å²) in [7, 11) is 3.82. The Bertz CT molecular complexity index is 510. The van der Waals surface area contributed by atoms with E-state index in [4.69, 9.17) is 0 Å². The Morgan fingerprint density at radius 3 is 2.80 bits per heavy atom. The lowest BCUT2D eigenvalue weighted by Gasteiger charge is -2.28. The van der Waals surface area contributed by atoms with E-state index in [9.17, 15) is 19.6 Å². The largest absolute Gasteiger partial charge is 0.391 e. The molecule has 0 bridgehead atoms. The summed E-state index contributed by atoms with van der Waals surface area (Å²) in [6.07, 6.45) is 0.0590. The number of benzene rings is 1. The van der Waals surface area contributed by atoms with Gasteiger partial charge in [0.2, 0.25) is 0 Å². The molecule has 1 fully saturated rings. The Labute approximate surface area is 116 Å². The first kappa shape index (κ1) is 14.7. The van der Waals surface area contributed by atoms with Crippen LogP contribution in [0.5, 0.6) is 0 Å². The summed E-state index contributed by atoms with van der Waals surface area (Å²) in [5.41, 5.74) is 0.0363. The van der Waals surface area contributed by atoms with Crippen LogP contribution in [0.4, 0.5) is 15.8 Å². The van der Waals surface area contributed by atoms with E-state index in [-0.39, 0.29) is 11.7 Å². The fraction of sp³-hybridized carbons (Fsp3) is 0.538. The maximum Gasteiger partial charge on any atom is 0.272 e. The van der Waals surface area contributed by atoms with Gasteiger partial charge in [0, 0.05) is 25.2 Å². The number of β-amino-alcohol motifs (C(OH)–C–C–N with tert-alkyl or cyclic N) is 1. The van der Waals surface area contributed by atoms with Gasteiger partial charge in [-0.05, 0) is 26.6 Å².